The number of rotatable bonds is 5. The van der Waals surface area contributed by atoms with Crippen LogP contribution >= 0.6 is 11.3 Å². The standard InChI is InChI=1S/C19H19N3O2S/c1-12-10-14(4-9-18(12)24-3)17-11-25-19(22-17)21-16-7-5-15(6-8-16)20-13(2)23/h4-11H,1-3H3,(H,20,23)(H,21,22). The summed E-state index contributed by atoms with van der Waals surface area (Å²) in [6, 6.07) is 13.6. The Morgan fingerprint density at radius 3 is 2.48 bits per heavy atom. The molecule has 0 unspecified atom stereocenters. The molecule has 128 valence electrons. The highest BCUT2D eigenvalue weighted by Gasteiger charge is 2.07. The summed E-state index contributed by atoms with van der Waals surface area (Å²) in [6.07, 6.45) is 0. The first kappa shape index (κ1) is 17.0. The van der Waals surface area contributed by atoms with Crippen molar-refractivity contribution in [2.24, 2.45) is 0 Å². The SMILES string of the molecule is COc1ccc(-c2csc(Nc3ccc(NC(C)=O)cc3)n2)cc1C. The molecule has 25 heavy (non-hydrogen) atoms. The summed E-state index contributed by atoms with van der Waals surface area (Å²) in [5.74, 6) is 0.789. The number of ether oxygens (including phenoxy) is 1. The number of anilines is 3. The average molecular weight is 353 g/mol. The Morgan fingerprint density at radius 2 is 1.84 bits per heavy atom. The minimum atomic E-state index is -0.0833. The molecule has 0 aliphatic rings. The molecule has 3 rings (SSSR count). The molecular formula is C19H19N3O2S. The summed E-state index contributed by atoms with van der Waals surface area (Å²) < 4.78 is 5.30. The fourth-order valence-corrected chi connectivity index (χ4v) is 3.21. The van der Waals surface area contributed by atoms with Gasteiger partial charge in [0.05, 0.1) is 12.8 Å². The molecule has 0 radical (unpaired) electrons. The van der Waals surface area contributed by atoms with E-state index in [4.69, 9.17) is 4.74 Å². The molecule has 5 nitrogen and oxygen atoms in total. The van der Waals surface area contributed by atoms with Crippen LogP contribution in [-0.2, 0) is 4.79 Å². The zero-order valence-corrected chi connectivity index (χ0v) is 15.1. The first-order valence-electron chi connectivity index (χ1n) is 7.80. The lowest BCUT2D eigenvalue weighted by Gasteiger charge is -2.06. The van der Waals surface area contributed by atoms with Crippen molar-refractivity contribution in [2.75, 3.05) is 17.7 Å². The van der Waals surface area contributed by atoms with Gasteiger partial charge in [-0.1, -0.05) is 0 Å². The molecule has 1 heterocycles. The summed E-state index contributed by atoms with van der Waals surface area (Å²) in [7, 11) is 1.67. The monoisotopic (exact) mass is 353 g/mol. The van der Waals surface area contributed by atoms with E-state index in [2.05, 4.69) is 21.7 Å². The quantitative estimate of drug-likeness (QED) is 0.690. The van der Waals surface area contributed by atoms with Crippen molar-refractivity contribution in [3.05, 3.63) is 53.4 Å². The number of benzene rings is 2. The van der Waals surface area contributed by atoms with Gasteiger partial charge in [-0.05, 0) is 55.0 Å². The van der Waals surface area contributed by atoms with E-state index in [1.54, 1.807) is 18.4 Å². The van der Waals surface area contributed by atoms with Crippen LogP contribution in [0.25, 0.3) is 11.3 Å². The lowest BCUT2D eigenvalue weighted by molar-refractivity contribution is -0.114. The minimum Gasteiger partial charge on any atom is -0.496 e. The molecule has 0 bridgehead atoms. The van der Waals surface area contributed by atoms with E-state index in [1.165, 1.54) is 6.92 Å². The number of carbonyl (C=O) groups is 1. The first-order chi connectivity index (χ1) is 12.0. The molecule has 0 saturated heterocycles. The highest BCUT2D eigenvalue weighted by atomic mass is 32.1. The lowest BCUT2D eigenvalue weighted by Crippen LogP contribution is -2.05. The number of nitrogens with one attached hydrogen (secondary N) is 2. The van der Waals surface area contributed by atoms with Crippen molar-refractivity contribution >= 4 is 33.8 Å². The highest BCUT2D eigenvalue weighted by Crippen LogP contribution is 2.30. The van der Waals surface area contributed by atoms with E-state index >= 15 is 0 Å². The molecule has 1 amide bonds. The molecule has 0 fully saturated rings. The zero-order valence-electron chi connectivity index (χ0n) is 14.3. The molecule has 2 aromatic carbocycles. The Labute approximate surface area is 150 Å². The van der Waals surface area contributed by atoms with Gasteiger partial charge in [-0.3, -0.25) is 4.79 Å². The van der Waals surface area contributed by atoms with Crippen molar-refractivity contribution in [1.29, 1.82) is 0 Å². The van der Waals surface area contributed by atoms with Crippen LogP contribution in [0.3, 0.4) is 0 Å². The smallest absolute Gasteiger partial charge is 0.221 e. The largest absolute Gasteiger partial charge is 0.496 e. The maximum absolute atomic E-state index is 11.0. The molecule has 0 spiro atoms. The van der Waals surface area contributed by atoms with Crippen molar-refractivity contribution in [1.82, 2.24) is 4.98 Å². The molecular weight excluding hydrogens is 334 g/mol. The maximum atomic E-state index is 11.0. The average Bonchev–Trinajstić information content (AvgIpc) is 3.04. The molecule has 2 N–H and O–H groups in total. The molecule has 0 saturated carbocycles. The zero-order chi connectivity index (χ0) is 17.8. The van der Waals surface area contributed by atoms with Crippen LogP contribution in [-0.4, -0.2) is 18.0 Å². The van der Waals surface area contributed by atoms with Gasteiger partial charge in [-0.25, -0.2) is 4.98 Å². The molecule has 0 aliphatic heterocycles. The number of nitrogens with zero attached hydrogens (tertiary/aromatic N) is 1. The number of aryl methyl sites for hydroxylation is 1. The molecule has 3 aromatic rings. The fraction of sp³-hybridized carbons (Fsp3) is 0.158. The van der Waals surface area contributed by atoms with E-state index in [0.29, 0.717) is 0 Å². The molecule has 6 heteroatoms. The Bertz CT molecular complexity index is 888. The lowest BCUT2D eigenvalue weighted by atomic mass is 10.1. The normalized spacial score (nSPS) is 10.4. The molecule has 1 aromatic heterocycles. The maximum Gasteiger partial charge on any atom is 0.221 e. The third kappa shape index (κ3) is 4.16. The Kier molecular flexibility index (Phi) is 5.00. The summed E-state index contributed by atoms with van der Waals surface area (Å²) in [5.41, 5.74) is 4.75. The number of hydrogen-bond donors (Lipinski definition) is 2. The highest BCUT2D eigenvalue weighted by molar-refractivity contribution is 7.14. The topological polar surface area (TPSA) is 63.2 Å². The number of amides is 1. The Hall–Kier alpha value is -2.86. The Balaban J connectivity index is 1.73. The number of carbonyl (C=O) groups excluding carboxylic acids is 1. The van der Waals surface area contributed by atoms with Crippen LogP contribution in [0, 0.1) is 6.92 Å². The number of aromatic nitrogens is 1. The van der Waals surface area contributed by atoms with Gasteiger partial charge in [0.1, 0.15) is 5.75 Å². The predicted molar refractivity (Wildman–Crippen MR) is 103 cm³/mol. The van der Waals surface area contributed by atoms with Crippen molar-refractivity contribution < 1.29 is 9.53 Å². The van der Waals surface area contributed by atoms with Gasteiger partial charge in [0.25, 0.3) is 0 Å². The Morgan fingerprint density at radius 1 is 1.12 bits per heavy atom. The second kappa shape index (κ2) is 7.36. The van der Waals surface area contributed by atoms with Gasteiger partial charge >= 0.3 is 0 Å². The van der Waals surface area contributed by atoms with Crippen LogP contribution in [0.1, 0.15) is 12.5 Å². The summed E-state index contributed by atoms with van der Waals surface area (Å²) in [5, 5.41) is 8.87. The second-order valence-corrected chi connectivity index (χ2v) is 6.46. The van der Waals surface area contributed by atoms with Gasteiger partial charge in [0.2, 0.25) is 5.91 Å². The van der Waals surface area contributed by atoms with Crippen LogP contribution in [0.4, 0.5) is 16.5 Å². The van der Waals surface area contributed by atoms with E-state index < -0.39 is 0 Å². The third-order valence-electron chi connectivity index (χ3n) is 3.65. The minimum absolute atomic E-state index is 0.0833. The van der Waals surface area contributed by atoms with Gasteiger partial charge in [0.15, 0.2) is 5.13 Å². The molecule has 0 aliphatic carbocycles. The number of thiazole rings is 1. The van der Waals surface area contributed by atoms with Crippen molar-refractivity contribution in [2.45, 2.75) is 13.8 Å². The fourth-order valence-electron chi connectivity index (χ4n) is 2.47. The second-order valence-electron chi connectivity index (χ2n) is 5.61. The summed E-state index contributed by atoms with van der Waals surface area (Å²) in [6.45, 7) is 3.51. The summed E-state index contributed by atoms with van der Waals surface area (Å²) in [4.78, 5) is 15.7. The van der Waals surface area contributed by atoms with E-state index in [9.17, 15) is 4.79 Å². The molecule has 0 atom stereocenters. The predicted octanol–water partition coefficient (Wildman–Crippen LogP) is 4.83. The summed E-state index contributed by atoms with van der Waals surface area (Å²) >= 11 is 1.55. The van der Waals surface area contributed by atoms with E-state index in [1.807, 2.05) is 48.7 Å². The van der Waals surface area contributed by atoms with E-state index in [0.717, 1.165) is 39.1 Å². The van der Waals surface area contributed by atoms with E-state index in [-0.39, 0.29) is 5.91 Å². The third-order valence-corrected chi connectivity index (χ3v) is 4.41. The van der Waals surface area contributed by atoms with Crippen LogP contribution in [0.15, 0.2) is 47.8 Å². The van der Waals surface area contributed by atoms with Gasteiger partial charge in [-0.15, -0.1) is 11.3 Å². The van der Waals surface area contributed by atoms with Crippen molar-refractivity contribution in [3.63, 3.8) is 0 Å². The van der Waals surface area contributed by atoms with Gasteiger partial charge in [0, 0.05) is 29.2 Å². The number of hydrogen-bond acceptors (Lipinski definition) is 5. The van der Waals surface area contributed by atoms with Crippen molar-refractivity contribution in [3.8, 4) is 17.0 Å². The first-order valence-corrected chi connectivity index (χ1v) is 8.68. The van der Waals surface area contributed by atoms with Crippen LogP contribution in [0.5, 0.6) is 5.75 Å². The number of methoxy groups -OCH3 is 1. The van der Waals surface area contributed by atoms with Gasteiger partial charge < -0.3 is 15.4 Å². The van der Waals surface area contributed by atoms with Gasteiger partial charge in [-0.2, -0.15) is 0 Å². The van der Waals surface area contributed by atoms with Crippen LogP contribution in [0.2, 0.25) is 0 Å². The van der Waals surface area contributed by atoms with Crippen LogP contribution < -0.4 is 15.4 Å².